The van der Waals surface area contributed by atoms with Gasteiger partial charge in [-0.15, -0.1) is 6.58 Å². The summed E-state index contributed by atoms with van der Waals surface area (Å²) in [6.07, 6.45) is 15.5. The highest BCUT2D eigenvalue weighted by Crippen LogP contribution is 2.48. The van der Waals surface area contributed by atoms with E-state index in [0.29, 0.717) is 23.4 Å². The number of fused-ring (bicyclic) bond motifs is 3. The van der Waals surface area contributed by atoms with Crippen LogP contribution >= 0.6 is 0 Å². The van der Waals surface area contributed by atoms with Crippen LogP contribution in [0.25, 0.3) is 84.4 Å². The van der Waals surface area contributed by atoms with Crippen molar-refractivity contribution >= 4 is 33.5 Å². The average Bonchev–Trinajstić information content (AvgIpc) is 3.74. The van der Waals surface area contributed by atoms with E-state index in [1.54, 1.807) is 0 Å². The predicted molar refractivity (Wildman–Crippen MR) is 316 cm³/mol. The number of hydrogen-bond acceptors (Lipinski definition) is 3. The Labute approximate surface area is 440 Å². The number of benzene rings is 7. The molecule has 0 fully saturated rings. The van der Waals surface area contributed by atoms with Gasteiger partial charge in [0.25, 0.3) is 0 Å². The molecule has 0 saturated heterocycles. The average molecular weight is 967 g/mol. The minimum Gasteiger partial charge on any atom is -0.308 e. The normalized spacial score (nSPS) is 14.7. The molecule has 4 heteroatoms. The van der Waals surface area contributed by atoms with E-state index in [9.17, 15) is 0 Å². The summed E-state index contributed by atoms with van der Waals surface area (Å²) >= 11 is 0. The molecule has 0 amide bonds. The van der Waals surface area contributed by atoms with E-state index in [-0.39, 0.29) is 22.2 Å². The van der Waals surface area contributed by atoms with Gasteiger partial charge in [-0.25, -0.2) is 15.0 Å². The smallest absolute Gasteiger partial charge is 0.164 e. The van der Waals surface area contributed by atoms with E-state index in [1.165, 1.54) is 60.9 Å². The third-order valence-corrected chi connectivity index (χ3v) is 14.8. The van der Waals surface area contributed by atoms with Crippen LogP contribution in [0.4, 0.5) is 0 Å². The van der Waals surface area contributed by atoms with Crippen LogP contribution < -0.4 is 0 Å². The van der Waals surface area contributed by atoms with Crippen LogP contribution in [-0.2, 0) is 16.2 Å². The molecule has 10 rings (SSSR count). The predicted octanol–water partition coefficient (Wildman–Crippen LogP) is 18.9. The van der Waals surface area contributed by atoms with Gasteiger partial charge in [0.2, 0.25) is 0 Å². The second-order valence-corrected chi connectivity index (χ2v) is 23.4. The van der Waals surface area contributed by atoms with Crippen LogP contribution in [0.5, 0.6) is 0 Å². The van der Waals surface area contributed by atoms with E-state index in [2.05, 4.69) is 232 Å². The van der Waals surface area contributed by atoms with Gasteiger partial charge in [-0.05, 0) is 110 Å². The van der Waals surface area contributed by atoms with Gasteiger partial charge in [0.1, 0.15) is 0 Å². The molecule has 0 N–H and O–H groups in total. The molecule has 74 heavy (non-hydrogen) atoms. The maximum atomic E-state index is 5.37. The van der Waals surface area contributed by atoms with Gasteiger partial charge < -0.3 is 4.57 Å². The van der Waals surface area contributed by atoms with Crippen LogP contribution in [0.2, 0.25) is 0 Å². The third kappa shape index (κ3) is 10.2. The first-order valence-electron chi connectivity index (χ1n) is 26.5. The van der Waals surface area contributed by atoms with Crippen molar-refractivity contribution in [1.29, 1.82) is 0 Å². The van der Waals surface area contributed by atoms with E-state index in [1.807, 2.05) is 42.5 Å². The molecule has 1 aliphatic carbocycles. The lowest BCUT2D eigenvalue weighted by molar-refractivity contribution is 0.572. The van der Waals surface area contributed by atoms with Gasteiger partial charge in [-0.1, -0.05) is 233 Å². The number of rotatable bonds is 11. The number of hydrogen-bond donors (Lipinski definition) is 0. The van der Waals surface area contributed by atoms with Crippen molar-refractivity contribution in [2.75, 3.05) is 0 Å². The fraction of sp³-hybridized carbons (Fsp3) is 0.243. The molecule has 0 radical (unpaired) electrons. The summed E-state index contributed by atoms with van der Waals surface area (Å²) in [5, 5.41) is 2.55. The van der Waals surface area contributed by atoms with Gasteiger partial charge in [-0.3, -0.25) is 0 Å². The Morgan fingerprint density at radius 1 is 0.581 bits per heavy atom. The molecule has 4 nitrogen and oxygen atoms in total. The lowest BCUT2D eigenvalue weighted by Gasteiger charge is -2.29. The fourth-order valence-corrected chi connectivity index (χ4v) is 10.3. The lowest BCUT2D eigenvalue weighted by atomic mass is 9.79. The summed E-state index contributed by atoms with van der Waals surface area (Å²) in [4.78, 5) is 15.9. The molecule has 0 bridgehead atoms. The third-order valence-electron chi connectivity index (χ3n) is 14.8. The first kappa shape index (κ1) is 49.9. The first-order chi connectivity index (χ1) is 35.4. The Balaban J connectivity index is 1.34. The van der Waals surface area contributed by atoms with Gasteiger partial charge in [0, 0.05) is 38.9 Å². The Hall–Kier alpha value is -7.69. The zero-order chi connectivity index (χ0) is 51.9. The Morgan fingerprint density at radius 2 is 1.15 bits per heavy atom. The van der Waals surface area contributed by atoms with Crippen molar-refractivity contribution < 1.29 is 0 Å². The topological polar surface area (TPSA) is 43.6 Å². The molecular weight excluding hydrogens is 897 g/mol. The SMILES string of the molecule is C=C[C@H](C)C/C=C/c1ccc(-c2cc(-c3nc(-c4ccccc4)nc(-c4ccccc4)n3)cc(C3C=CC(c4ccccc4)=CC3)c2-n2c3ccc(C(C)(C)C)cc3c3cc(C(C)(C)C)cc(C(C)(C)C)c32)cc1. The monoisotopic (exact) mass is 967 g/mol. The highest BCUT2D eigenvalue weighted by molar-refractivity contribution is 6.12. The highest BCUT2D eigenvalue weighted by Gasteiger charge is 2.31. The van der Waals surface area contributed by atoms with Crippen LogP contribution in [-0.4, -0.2) is 19.5 Å². The van der Waals surface area contributed by atoms with Gasteiger partial charge in [0.05, 0.1) is 16.7 Å². The molecule has 2 aromatic heterocycles. The highest BCUT2D eigenvalue weighted by atomic mass is 15.0. The fourth-order valence-electron chi connectivity index (χ4n) is 10.3. The van der Waals surface area contributed by atoms with E-state index >= 15 is 0 Å². The lowest BCUT2D eigenvalue weighted by Crippen LogP contribution is -2.18. The molecule has 2 heterocycles. The van der Waals surface area contributed by atoms with Crippen LogP contribution in [0, 0.1) is 5.92 Å². The molecule has 9 aromatic rings. The molecule has 1 unspecified atom stereocenters. The van der Waals surface area contributed by atoms with Crippen LogP contribution in [0.3, 0.4) is 0 Å². The second kappa shape index (κ2) is 20.0. The Morgan fingerprint density at radius 3 is 1.69 bits per heavy atom. The molecule has 7 aromatic carbocycles. The Bertz CT molecular complexity index is 3550. The van der Waals surface area contributed by atoms with Crippen molar-refractivity contribution in [1.82, 2.24) is 19.5 Å². The molecule has 1 aliphatic rings. The number of aromatic nitrogens is 4. The molecule has 0 saturated carbocycles. The van der Waals surface area contributed by atoms with Crippen molar-refractivity contribution in [2.24, 2.45) is 5.92 Å². The first-order valence-corrected chi connectivity index (χ1v) is 26.5. The minimum atomic E-state index is -0.194. The largest absolute Gasteiger partial charge is 0.308 e. The van der Waals surface area contributed by atoms with Crippen molar-refractivity contribution in [3.8, 4) is 51.0 Å². The zero-order valence-electron chi connectivity index (χ0n) is 45.0. The second-order valence-electron chi connectivity index (χ2n) is 23.4. The van der Waals surface area contributed by atoms with E-state index < -0.39 is 0 Å². The van der Waals surface area contributed by atoms with Crippen molar-refractivity contribution in [3.63, 3.8) is 0 Å². The van der Waals surface area contributed by atoms with Crippen molar-refractivity contribution in [2.45, 2.75) is 104 Å². The molecule has 0 aliphatic heterocycles. The van der Waals surface area contributed by atoms with E-state index in [4.69, 9.17) is 15.0 Å². The summed E-state index contributed by atoms with van der Waals surface area (Å²) in [7, 11) is 0. The van der Waals surface area contributed by atoms with Crippen molar-refractivity contribution in [3.05, 3.63) is 228 Å². The van der Waals surface area contributed by atoms with Gasteiger partial charge in [0.15, 0.2) is 17.5 Å². The number of nitrogens with zero attached hydrogens (tertiary/aromatic N) is 4. The zero-order valence-corrected chi connectivity index (χ0v) is 45.0. The standard InChI is InChI=1S/C70H70N4/c1-12-46(2)23-22-24-47-31-33-50(34-32-47)57-41-54(67-72-65(52-27-18-14-19-28-52)71-66(73-67)53-29-20-15-21-30-53)42-58(51-37-35-49(36-38-51)48-25-16-13-17-26-48)63(57)74-62-40-39-55(68(3,4)5)43-59(62)60-44-56(69(6,7)8)45-61(64(60)74)70(9,10)11/h12-22,24-37,39-46,51H,1,23,38H2,2-11H3/b24-22+/t46-,51?/m0/s1. The number of allylic oxidation sites excluding steroid dienone is 6. The quantitative estimate of drug-likeness (QED) is 0.121. The van der Waals surface area contributed by atoms with Crippen LogP contribution in [0.15, 0.2) is 195 Å². The molecule has 0 spiro atoms. The summed E-state index contributed by atoms with van der Waals surface area (Å²) in [5.41, 5.74) is 17.1. The van der Waals surface area contributed by atoms with E-state index in [0.717, 1.165) is 46.2 Å². The molecular formula is C70H70N4. The molecule has 2 atom stereocenters. The summed E-state index contributed by atoms with van der Waals surface area (Å²) in [5.74, 6) is 2.33. The Kier molecular flexibility index (Phi) is 13.5. The van der Waals surface area contributed by atoms with Gasteiger partial charge >= 0.3 is 0 Å². The van der Waals surface area contributed by atoms with Gasteiger partial charge in [-0.2, -0.15) is 0 Å². The summed E-state index contributed by atoms with van der Waals surface area (Å²) in [6.45, 7) is 27.3. The maximum Gasteiger partial charge on any atom is 0.164 e. The minimum absolute atomic E-state index is 0.0162. The van der Waals surface area contributed by atoms with Crippen LogP contribution in [0.1, 0.15) is 121 Å². The summed E-state index contributed by atoms with van der Waals surface area (Å²) < 4.78 is 2.64. The summed E-state index contributed by atoms with van der Waals surface area (Å²) in [6, 6.07) is 57.4. The maximum absolute atomic E-state index is 5.37. The molecule has 370 valence electrons.